The van der Waals surface area contributed by atoms with Crippen molar-refractivity contribution in [2.24, 2.45) is 0 Å². The first kappa shape index (κ1) is 13.3. The molecule has 0 fully saturated rings. The van der Waals surface area contributed by atoms with E-state index in [2.05, 4.69) is 10.2 Å². The molecule has 3 rings (SSSR count). The molecule has 20 heavy (non-hydrogen) atoms. The third kappa shape index (κ3) is 1.94. The van der Waals surface area contributed by atoms with Crippen LogP contribution in [0.15, 0.2) is 28.7 Å². The Morgan fingerprint density at radius 3 is 3.00 bits per heavy atom. The molecule has 0 radical (unpaired) electrons. The fourth-order valence-electron chi connectivity index (χ4n) is 2.32. The molecule has 7 nitrogen and oxygen atoms in total. The maximum atomic E-state index is 12.5. The molecule has 0 aromatic carbocycles. The van der Waals surface area contributed by atoms with Crippen molar-refractivity contribution < 1.29 is 18.3 Å². The zero-order valence-corrected chi connectivity index (χ0v) is 11.8. The molecule has 0 saturated heterocycles. The molecule has 0 amide bonds. The summed E-state index contributed by atoms with van der Waals surface area (Å²) in [6.07, 6.45) is 2.95. The Morgan fingerprint density at radius 2 is 2.35 bits per heavy atom. The number of aliphatic carboxylic acids is 1. The number of nitrogens with one attached hydrogen (secondary N) is 1. The Morgan fingerprint density at radius 1 is 1.55 bits per heavy atom. The largest absolute Gasteiger partial charge is 0.480 e. The SMILES string of the molecule is O=C(O)C1c2ccsc2CCN1S(=O)(=O)c1cn[nH]c1. The van der Waals surface area contributed by atoms with Gasteiger partial charge in [-0.3, -0.25) is 9.89 Å². The summed E-state index contributed by atoms with van der Waals surface area (Å²) >= 11 is 1.45. The summed E-state index contributed by atoms with van der Waals surface area (Å²) in [5.74, 6) is -1.17. The lowest BCUT2D eigenvalue weighted by molar-refractivity contribution is -0.142. The van der Waals surface area contributed by atoms with Crippen LogP contribution in [-0.4, -0.2) is 40.5 Å². The highest BCUT2D eigenvalue weighted by atomic mass is 32.2. The number of rotatable bonds is 3. The van der Waals surface area contributed by atoms with Crippen LogP contribution in [0.4, 0.5) is 0 Å². The Kier molecular flexibility index (Phi) is 3.11. The van der Waals surface area contributed by atoms with Gasteiger partial charge >= 0.3 is 5.97 Å². The minimum Gasteiger partial charge on any atom is -0.480 e. The van der Waals surface area contributed by atoms with Crippen LogP contribution in [-0.2, 0) is 21.2 Å². The molecule has 2 aromatic heterocycles. The van der Waals surface area contributed by atoms with Gasteiger partial charge in [0.25, 0.3) is 0 Å². The van der Waals surface area contributed by atoms with Crippen molar-refractivity contribution in [3.8, 4) is 0 Å². The van der Waals surface area contributed by atoms with Gasteiger partial charge in [-0.25, -0.2) is 8.42 Å². The number of aromatic nitrogens is 2. The van der Waals surface area contributed by atoms with E-state index in [4.69, 9.17) is 0 Å². The van der Waals surface area contributed by atoms with Gasteiger partial charge in [-0.05, 0) is 23.4 Å². The maximum Gasteiger partial charge on any atom is 0.326 e. The van der Waals surface area contributed by atoms with Gasteiger partial charge in [0.1, 0.15) is 10.9 Å². The maximum absolute atomic E-state index is 12.5. The van der Waals surface area contributed by atoms with Crippen LogP contribution in [0.5, 0.6) is 0 Å². The van der Waals surface area contributed by atoms with Crippen LogP contribution in [0.3, 0.4) is 0 Å². The predicted molar refractivity (Wildman–Crippen MR) is 70.9 cm³/mol. The number of thiophene rings is 1. The zero-order chi connectivity index (χ0) is 14.3. The topological polar surface area (TPSA) is 103 Å². The monoisotopic (exact) mass is 313 g/mol. The van der Waals surface area contributed by atoms with Gasteiger partial charge in [0, 0.05) is 17.6 Å². The molecule has 0 saturated carbocycles. The fraction of sp³-hybridized carbons (Fsp3) is 0.273. The van der Waals surface area contributed by atoms with Gasteiger partial charge in [0.05, 0.1) is 6.20 Å². The molecule has 1 aliphatic rings. The second-order valence-corrected chi connectivity index (χ2v) is 7.23. The first-order chi connectivity index (χ1) is 9.51. The summed E-state index contributed by atoms with van der Waals surface area (Å²) in [6.45, 7) is 0.151. The van der Waals surface area contributed by atoms with Crippen molar-refractivity contribution in [1.29, 1.82) is 0 Å². The number of carboxylic acids is 1. The van der Waals surface area contributed by atoms with Gasteiger partial charge in [-0.15, -0.1) is 11.3 Å². The average molecular weight is 313 g/mol. The van der Waals surface area contributed by atoms with E-state index in [-0.39, 0.29) is 11.4 Å². The highest BCUT2D eigenvalue weighted by Crippen LogP contribution is 2.36. The molecule has 1 unspecified atom stereocenters. The summed E-state index contributed by atoms with van der Waals surface area (Å²) in [5.41, 5.74) is 0.556. The van der Waals surface area contributed by atoms with E-state index < -0.39 is 22.0 Å². The van der Waals surface area contributed by atoms with Crippen LogP contribution in [0, 0.1) is 0 Å². The molecule has 3 heterocycles. The number of sulfonamides is 1. The minimum absolute atomic E-state index is 0.0255. The Bertz CT molecular complexity index is 736. The van der Waals surface area contributed by atoms with E-state index in [1.165, 1.54) is 23.7 Å². The second-order valence-electron chi connectivity index (χ2n) is 4.34. The third-order valence-corrected chi connectivity index (χ3v) is 6.06. The van der Waals surface area contributed by atoms with Gasteiger partial charge in [-0.1, -0.05) is 0 Å². The molecule has 1 atom stereocenters. The van der Waals surface area contributed by atoms with Crippen LogP contribution in [0.25, 0.3) is 0 Å². The number of nitrogens with zero attached hydrogens (tertiary/aromatic N) is 2. The number of aromatic amines is 1. The Labute approximate surface area is 118 Å². The van der Waals surface area contributed by atoms with Crippen molar-refractivity contribution >= 4 is 27.3 Å². The molecule has 2 aromatic rings. The summed E-state index contributed by atoms with van der Waals surface area (Å²) in [6, 6.07) is 0.500. The van der Waals surface area contributed by atoms with E-state index >= 15 is 0 Å². The first-order valence-electron chi connectivity index (χ1n) is 5.81. The summed E-state index contributed by atoms with van der Waals surface area (Å²) in [7, 11) is -3.87. The van der Waals surface area contributed by atoms with Gasteiger partial charge in [0.2, 0.25) is 10.0 Å². The van der Waals surface area contributed by atoms with E-state index in [9.17, 15) is 18.3 Å². The summed E-state index contributed by atoms with van der Waals surface area (Å²) < 4.78 is 26.0. The van der Waals surface area contributed by atoms with E-state index in [0.29, 0.717) is 12.0 Å². The van der Waals surface area contributed by atoms with E-state index in [1.807, 2.05) is 0 Å². The number of hydrogen-bond donors (Lipinski definition) is 2. The zero-order valence-electron chi connectivity index (χ0n) is 10.2. The van der Waals surface area contributed by atoms with Crippen LogP contribution in [0.1, 0.15) is 16.5 Å². The molecular formula is C11H11N3O4S2. The van der Waals surface area contributed by atoms with Crippen LogP contribution >= 0.6 is 11.3 Å². The standard InChI is InChI=1S/C11H11N3O4S2/c15-11(16)10-8-2-4-19-9(8)1-3-14(10)20(17,18)7-5-12-13-6-7/h2,4-6,10H,1,3H2,(H,12,13)(H,15,16). The van der Waals surface area contributed by atoms with Crippen molar-refractivity contribution in [1.82, 2.24) is 14.5 Å². The summed E-state index contributed by atoms with van der Waals surface area (Å²) in [4.78, 5) is 12.4. The molecule has 2 N–H and O–H groups in total. The molecule has 0 aliphatic carbocycles. The van der Waals surface area contributed by atoms with Crippen LogP contribution in [0.2, 0.25) is 0 Å². The lowest BCUT2D eigenvalue weighted by Gasteiger charge is -2.31. The van der Waals surface area contributed by atoms with Crippen molar-refractivity contribution in [2.75, 3.05) is 6.54 Å². The van der Waals surface area contributed by atoms with Crippen molar-refractivity contribution in [2.45, 2.75) is 17.4 Å². The number of carbonyl (C=O) groups is 1. The average Bonchev–Trinajstić information content (AvgIpc) is 3.08. The highest BCUT2D eigenvalue weighted by molar-refractivity contribution is 7.89. The van der Waals surface area contributed by atoms with Crippen molar-refractivity contribution in [3.05, 3.63) is 34.3 Å². The predicted octanol–water partition coefficient (Wildman–Crippen LogP) is 0.844. The van der Waals surface area contributed by atoms with Gasteiger partial charge < -0.3 is 5.11 Å². The lowest BCUT2D eigenvalue weighted by atomic mass is 10.0. The second kappa shape index (κ2) is 4.69. The van der Waals surface area contributed by atoms with Gasteiger partial charge in [0.15, 0.2) is 0 Å². The minimum atomic E-state index is -3.87. The number of H-pyrrole nitrogens is 1. The summed E-state index contributed by atoms with van der Waals surface area (Å²) in [5, 5.41) is 17.2. The fourth-order valence-corrected chi connectivity index (χ4v) is 4.70. The highest BCUT2D eigenvalue weighted by Gasteiger charge is 2.41. The third-order valence-electron chi connectivity index (χ3n) is 3.24. The van der Waals surface area contributed by atoms with Crippen molar-refractivity contribution in [3.63, 3.8) is 0 Å². The first-order valence-corrected chi connectivity index (χ1v) is 8.13. The van der Waals surface area contributed by atoms with Crippen LogP contribution < -0.4 is 0 Å². The molecule has 106 valence electrons. The lowest BCUT2D eigenvalue weighted by Crippen LogP contribution is -2.42. The Hall–Kier alpha value is -1.71. The number of carboxylic acid groups (broad SMARTS) is 1. The Balaban J connectivity index is 2.09. The smallest absolute Gasteiger partial charge is 0.326 e. The molecule has 1 aliphatic heterocycles. The normalized spacial score (nSPS) is 19.7. The number of fused-ring (bicyclic) bond motifs is 1. The number of hydrogen-bond acceptors (Lipinski definition) is 5. The molecule has 0 bridgehead atoms. The molecule has 0 spiro atoms. The molecular weight excluding hydrogens is 302 g/mol. The quantitative estimate of drug-likeness (QED) is 0.874. The van der Waals surface area contributed by atoms with Gasteiger partial charge in [-0.2, -0.15) is 9.40 Å². The molecule has 9 heteroatoms. The van der Waals surface area contributed by atoms with E-state index in [0.717, 1.165) is 9.18 Å². The van der Waals surface area contributed by atoms with E-state index in [1.54, 1.807) is 11.4 Å².